The minimum absolute atomic E-state index is 0.157. The van der Waals surface area contributed by atoms with Crippen LogP contribution in [0.25, 0.3) is 21.9 Å². The maximum atomic E-state index is 3.60. The van der Waals surface area contributed by atoms with E-state index in [0.29, 0.717) is 0 Å². The number of halogens is 1. The largest absolute Gasteiger partial charge is 0.0876 e. The Bertz CT molecular complexity index is 809. The molecule has 0 unspecified atom stereocenters. The molecule has 0 aliphatic rings. The van der Waals surface area contributed by atoms with E-state index in [9.17, 15) is 0 Å². The van der Waals surface area contributed by atoms with Crippen LogP contribution in [-0.4, -0.2) is 0 Å². The molecular formula is C21H21Br. The van der Waals surface area contributed by atoms with Crippen LogP contribution in [0.3, 0.4) is 0 Å². The minimum Gasteiger partial charge on any atom is -0.0876 e. The van der Waals surface area contributed by atoms with Gasteiger partial charge >= 0.3 is 0 Å². The predicted octanol–water partition coefficient (Wildman–Crippen LogP) is 6.70. The van der Waals surface area contributed by atoms with Gasteiger partial charge in [0.25, 0.3) is 0 Å². The topological polar surface area (TPSA) is 0 Å². The third-order valence-electron chi connectivity index (χ3n) is 4.10. The molecule has 112 valence electrons. The van der Waals surface area contributed by atoms with Crippen molar-refractivity contribution in [3.05, 3.63) is 71.8 Å². The molecule has 0 amide bonds. The summed E-state index contributed by atoms with van der Waals surface area (Å²) in [6.45, 7) is 6.81. The zero-order chi connectivity index (χ0) is 15.7. The molecule has 3 aromatic rings. The number of fused-ring (bicyclic) bond motifs is 1. The molecule has 0 atom stereocenters. The van der Waals surface area contributed by atoms with Crippen molar-refractivity contribution in [1.29, 1.82) is 0 Å². The first-order valence-electron chi connectivity index (χ1n) is 7.67. The van der Waals surface area contributed by atoms with Gasteiger partial charge in [0.15, 0.2) is 0 Å². The number of hydrogen-bond acceptors (Lipinski definition) is 0. The van der Waals surface area contributed by atoms with Crippen LogP contribution in [0.1, 0.15) is 31.9 Å². The maximum absolute atomic E-state index is 3.60. The van der Waals surface area contributed by atoms with Gasteiger partial charge < -0.3 is 0 Å². The van der Waals surface area contributed by atoms with E-state index in [0.717, 1.165) is 5.33 Å². The molecule has 22 heavy (non-hydrogen) atoms. The summed E-state index contributed by atoms with van der Waals surface area (Å²) in [4.78, 5) is 0. The second-order valence-electron chi connectivity index (χ2n) is 6.86. The van der Waals surface area contributed by atoms with Crippen molar-refractivity contribution in [2.24, 2.45) is 0 Å². The van der Waals surface area contributed by atoms with Gasteiger partial charge in [0.1, 0.15) is 0 Å². The van der Waals surface area contributed by atoms with E-state index in [1.807, 2.05) is 0 Å². The summed E-state index contributed by atoms with van der Waals surface area (Å²) in [5, 5.41) is 3.47. The lowest BCUT2D eigenvalue weighted by molar-refractivity contribution is 0.590. The highest BCUT2D eigenvalue weighted by Gasteiger charge is 2.15. The normalized spacial score (nSPS) is 11.8. The molecule has 0 bridgehead atoms. The molecule has 0 saturated heterocycles. The fourth-order valence-corrected chi connectivity index (χ4v) is 3.06. The second-order valence-corrected chi connectivity index (χ2v) is 7.42. The van der Waals surface area contributed by atoms with E-state index in [-0.39, 0.29) is 5.41 Å². The molecular weight excluding hydrogens is 332 g/mol. The van der Waals surface area contributed by atoms with Crippen LogP contribution in [0.5, 0.6) is 0 Å². The first kappa shape index (κ1) is 15.3. The number of alkyl halides is 1. The van der Waals surface area contributed by atoms with Crippen molar-refractivity contribution in [2.45, 2.75) is 31.5 Å². The van der Waals surface area contributed by atoms with Crippen molar-refractivity contribution in [3.8, 4) is 11.1 Å². The van der Waals surface area contributed by atoms with E-state index in [1.165, 1.54) is 33.0 Å². The Hall–Kier alpha value is -1.60. The molecule has 0 aliphatic carbocycles. The Morgan fingerprint density at radius 3 is 2.18 bits per heavy atom. The average molecular weight is 353 g/mol. The highest BCUT2D eigenvalue weighted by atomic mass is 79.9. The standard InChI is InChI=1S/C21H21Br/c1-21(2,3)20-11-15(14-22)10-19(13-20)18-9-8-16-6-4-5-7-17(16)12-18/h4-13H,14H2,1-3H3. The van der Waals surface area contributed by atoms with Gasteiger partial charge in [0.05, 0.1) is 0 Å². The first-order chi connectivity index (χ1) is 10.5. The Labute approximate surface area is 141 Å². The summed E-state index contributed by atoms with van der Waals surface area (Å²) in [5.74, 6) is 0. The lowest BCUT2D eigenvalue weighted by Crippen LogP contribution is -2.11. The molecule has 0 heterocycles. The third kappa shape index (κ3) is 3.10. The molecule has 0 aliphatic heterocycles. The number of hydrogen-bond donors (Lipinski definition) is 0. The highest BCUT2D eigenvalue weighted by Crippen LogP contribution is 2.31. The molecule has 3 aromatic carbocycles. The van der Waals surface area contributed by atoms with Crippen LogP contribution >= 0.6 is 15.9 Å². The van der Waals surface area contributed by atoms with Gasteiger partial charge in [0.2, 0.25) is 0 Å². The van der Waals surface area contributed by atoms with Crippen LogP contribution in [0.15, 0.2) is 60.7 Å². The summed E-state index contributed by atoms with van der Waals surface area (Å²) >= 11 is 3.60. The Morgan fingerprint density at radius 2 is 1.50 bits per heavy atom. The smallest absolute Gasteiger partial charge is 0.0283 e. The third-order valence-corrected chi connectivity index (χ3v) is 4.74. The van der Waals surface area contributed by atoms with Gasteiger partial charge in [-0.1, -0.05) is 91.3 Å². The predicted molar refractivity (Wildman–Crippen MR) is 101 cm³/mol. The summed E-state index contributed by atoms with van der Waals surface area (Å²) < 4.78 is 0. The Morgan fingerprint density at radius 1 is 0.773 bits per heavy atom. The molecule has 1 heteroatoms. The molecule has 0 spiro atoms. The van der Waals surface area contributed by atoms with Gasteiger partial charge in [-0.3, -0.25) is 0 Å². The molecule has 0 nitrogen and oxygen atoms in total. The maximum Gasteiger partial charge on any atom is 0.0283 e. The molecule has 0 N–H and O–H groups in total. The fourth-order valence-electron chi connectivity index (χ4n) is 2.74. The van der Waals surface area contributed by atoms with Crippen LogP contribution in [0.2, 0.25) is 0 Å². The van der Waals surface area contributed by atoms with Gasteiger partial charge in [-0.25, -0.2) is 0 Å². The van der Waals surface area contributed by atoms with Crippen molar-refractivity contribution >= 4 is 26.7 Å². The molecule has 0 fully saturated rings. The van der Waals surface area contributed by atoms with E-state index in [1.54, 1.807) is 0 Å². The van der Waals surface area contributed by atoms with Crippen LogP contribution in [0.4, 0.5) is 0 Å². The van der Waals surface area contributed by atoms with Crippen LogP contribution in [-0.2, 0) is 10.7 Å². The lowest BCUT2D eigenvalue weighted by atomic mass is 9.84. The number of benzene rings is 3. The summed E-state index contributed by atoms with van der Waals surface area (Å²) in [7, 11) is 0. The van der Waals surface area contributed by atoms with Crippen molar-refractivity contribution in [2.75, 3.05) is 0 Å². The van der Waals surface area contributed by atoms with Crippen LogP contribution < -0.4 is 0 Å². The van der Waals surface area contributed by atoms with Crippen molar-refractivity contribution in [1.82, 2.24) is 0 Å². The lowest BCUT2D eigenvalue weighted by Gasteiger charge is -2.21. The average Bonchev–Trinajstić information content (AvgIpc) is 2.53. The van der Waals surface area contributed by atoms with Crippen molar-refractivity contribution in [3.63, 3.8) is 0 Å². The van der Waals surface area contributed by atoms with Gasteiger partial charge in [-0.2, -0.15) is 0 Å². The van der Waals surface area contributed by atoms with E-state index >= 15 is 0 Å². The SMILES string of the molecule is CC(C)(C)c1cc(CBr)cc(-c2ccc3ccccc3c2)c1. The van der Waals surface area contributed by atoms with Crippen LogP contribution in [0, 0.1) is 0 Å². The summed E-state index contributed by atoms with van der Waals surface area (Å²) in [5.41, 5.74) is 5.45. The van der Waals surface area contributed by atoms with E-state index in [4.69, 9.17) is 0 Å². The van der Waals surface area contributed by atoms with E-state index in [2.05, 4.69) is 97.4 Å². The minimum atomic E-state index is 0.157. The summed E-state index contributed by atoms with van der Waals surface area (Å²) in [6, 6.07) is 22.2. The number of rotatable bonds is 2. The second kappa shape index (κ2) is 5.89. The first-order valence-corrected chi connectivity index (χ1v) is 8.79. The molecule has 3 rings (SSSR count). The zero-order valence-electron chi connectivity index (χ0n) is 13.4. The van der Waals surface area contributed by atoms with Crippen molar-refractivity contribution < 1.29 is 0 Å². The van der Waals surface area contributed by atoms with Gasteiger partial charge in [0, 0.05) is 5.33 Å². The molecule has 0 radical (unpaired) electrons. The van der Waals surface area contributed by atoms with E-state index < -0.39 is 0 Å². The fraction of sp³-hybridized carbons (Fsp3) is 0.238. The van der Waals surface area contributed by atoms with Gasteiger partial charge in [-0.15, -0.1) is 0 Å². The quantitative estimate of drug-likeness (QED) is 0.450. The molecule has 0 aromatic heterocycles. The highest BCUT2D eigenvalue weighted by molar-refractivity contribution is 9.08. The zero-order valence-corrected chi connectivity index (χ0v) is 14.9. The Balaban J connectivity index is 2.16. The monoisotopic (exact) mass is 352 g/mol. The summed E-state index contributed by atoms with van der Waals surface area (Å²) in [6.07, 6.45) is 0. The molecule has 0 saturated carbocycles. The van der Waals surface area contributed by atoms with Gasteiger partial charge in [-0.05, 0) is 44.5 Å². The Kier molecular flexibility index (Phi) is 4.10.